The minimum absolute atomic E-state index is 0.00718. The Hall–Kier alpha value is -1.49. The molecule has 1 heterocycles. The van der Waals surface area contributed by atoms with E-state index in [0.29, 0.717) is 12.8 Å². The van der Waals surface area contributed by atoms with Gasteiger partial charge < -0.3 is 10.2 Å². The molecule has 0 aliphatic carbocycles. The van der Waals surface area contributed by atoms with Crippen LogP contribution in [0.1, 0.15) is 37.7 Å². The van der Waals surface area contributed by atoms with Crippen LogP contribution in [-0.4, -0.2) is 35.2 Å². The van der Waals surface area contributed by atoms with Crippen molar-refractivity contribution in [2.24, 2.45) is 0 Å². The topological polar surface area (TPSA) is 49.4 Å². The van der Waals surface area contributed by atoms with Crippen LogP contribution in [0.5, 0.6) is 0 Å². The standard InChI is InChI=1S/C17H24N2O2S/c20-16(22)10-9-15(13-14-7-3-1-4-8-14)18-17(21)19-11-5-2-6-12-19/h1,3-4,7-8,15H,2,5-6,9-13H2,(H,18,21)(H,20,22). The Morgan fingerprint density at radius 1 is 1.14 bits per heavy atom. The monoisotopic (exact) mass is 320 g/mol. The maximum absolute atomic E-state index is 12.4. The molecule has 1 saturated heterocycles. The van der Waals surface area contributed by atoms with Gasteiger partial charge >= 0.3 is 6.03 Å². The molecule has 0 saturated carbocycles. The molecule has 120 valence electrons. The number of amides is 2. The predicted octanol–water partition coefficient (Wildman–Crippen LogP) is 3.03. The van der Waals surface area contributed by atoms with Crippen molar-refractivity contribution in [3.63, 3.8) is 0 Å². The zero-order valence-corrected chi connectivity index (χ0v) is 13.7. The molecule has 1 fully saturated rings. The number of likely N-dealkylation sites (tertiary alicyclic amines) is 1. The fourth-order valence-corrected chi connectivity index (χ4v) is 2.91. The number of hydrogen-bond donors (Lipinski definition) is 2. The lowest BCUT2D eigenvalue weighted by Gasteiger charge is -2.29. The molecule has 22 heavy (non-hydrogen) atoms. The highest BCUT2D eigenvalue weighted by Gasteiger charge is 2.20. The van der Waals surface area contributed by atoms with E-state index in [2.05, 4.69) is 17.9 Å². The molecule has 0 spiro atoms. The Bertz CT molecular complexity index is 487. The van der Waals surface area contributed by atoms with Crippen molar-refractivity contribution < 1.29 is 9.59 Å². The molecule has 1 atom stereocenters. The van der Waals surface area contributed by atoms with Crippen LogP contribution in [0, 0.1) is 0 Å². The van der Waals surface area contributed by atoms with Gasteiger partial charge in [-0.25, -0.2) is 4.79 Å². The first-order valence-electron chi connectivity index (χ1n) is 7.96. The summed E-state index contributed by atoms with van der Waals surface area (Å²) in [5.41, 5.74) is 1.16. The van der Waals surface area contributed by atoms with E-state index < -0.39 is 0 Å². The second-order valence-electron chi connectivity index (χ2n) is 5.82. The lowest BCUT2D eigenvalue weighted by Crippen LogP contribution is -2.47. The maximum atomic E-state index is 12.4. The van der Waals surface area contributed by atoms with E-state index in [1.165, 1.54) is 6.42 Å². The van der Waals surface area contributed by atoms with Crippen LogP contribution < -0.4 is 5.32 Å². The summed E-state index contributed by atoms with van der Waals surface area (Å²) in [7, 11) is 0. The normalized spacial score (nSPS) is 16.1. The van der Waals surface area contributed by atoms with Gasteiger partial charge in [0.1, 0.15) is 0 Å². The Kier molecular flexibility index (Phi) is 6.77. The third kappa shape index (κ3) is 5.72. The van der Waals surface area contributed by atoms with Gasteiger partial charge in [0, 0.05) is 25.6 Å². The van der Waals surface area contributed by atoms with Crippen LogP contribution in [-0.2, 0) is 11.2 Å². The minimum Gasteiger partial charge on any atom is -0.335 e. The number of hydrogen-bond acceptors (Lipinski definition) is 2. The molecule has 4 nitrogen and oxygen atoms in total. The van der Waals surface area contributed by atoms with Gasteiger partial charge in [-0.15, -0.1) is 12.6 Å². The van der Waals surface area contributed by atoms with Crippen molar-refractivity contribution in [3.05, 3.63) is 35.9 Å². The Labute approximate surface area is 137 Å². The van der Waals surface area contributed by atoms with Crippen LogP contribution in [0.4, 0.5) is 4.79 Å². The molecule has 1 N–H and O–H groups in total. The Morgan fingerprint density at radius 3 is 2.45 bits per heavy atom. The second-order valence-corrected chi connectivity index (χ2v) is 6.32. The second kappa shape index (κ2) is 8.83. The van der Waals surface area contributed by atoms with E-state index in [9.17, 15) is 9.59 Å². The average Bonchev–Trinajstić information content (AvgIpc) is 2.54. The largest absolute Gasteiger partial charge is 0.335 e. The summed E-state index contributed by atoms with van der Waals surface area (Å²) >= 11 is 3.83. The Balaban J connectivity index is 1.93. The zero-order chi connectivity index (χ0) is 15.8. The molecule has 5 heteroatoms. The van der Waals surface area contributed by atoms with Gasteiger partial charge in [-0.2, -0.15) is 0 Å². The van der Waals surface area contributed by atoms with Gasteiger partial charge in [0.2, 0.25) is 0 Å². The molecular weight excluding hydrogens is 296 g/mol. The highest BCUT2D eigenvalue weighted by atomic mass is 32.1. The van der Waals surface area contributed by atoms with E-state index >= 15 is 0 Å². The van der Waals surface area contributed by atoms with Gasteiger partial charge in [-0.05, 0) is 37.7 Å². The molecule has 1 aromatic rings. The lowest BCUT2D eigenvalue weighted by atomic mass is 10.0. The summed E-state index contributed by atoms with van der Waals surface area (Å²) in [5.74, 6) is 0. The van der Waals surface area contributed by atoms with Crippen LogP contribution in [0.15, 0.2) is 30.3 Å². The van der Waals surface area contributed by atoms with Gasteiger partial charge in [-0.3, -0.25) is 4.79 Å². The van der Waals surface area contributed by atoms with E-state index in [1.54, 1.807) is 0 Å². The highest BCUT2D eigenvalue weighted by Crippen LogP contribution is 2.12. The first-order chi connectivity index (χ1) is 10.6. The summed E-state index contributed by atoms with van der Waals surface area (Å²) in [4.78, 5) is 25.4. The summed E-state index contributed by atoms with van der Waals surface area (Å²) < 4.78 is 0. The van der Waals surface area contributed by atoms with E-state index in [-0.39, 0.29) is 17.2 Å². The molecule has 1 unspecified atom stereocenters. The van der Waals surface area contributed by atoms with Crippen molar-refractivity contribution in [2.45, 2.75) is 44.6 Å². The number of nitrogens with one attached hydrogen (secondary N) is 1. The number of urea groups is 1. The smallest absolute Gasteiger partial charge is 0.317 e. The van der Waals surface area contributed by atoms with Crippen LogP contribution >= 0.6 is 12.6 Å². The fraction of sp³-hybridized carbons (Fsp3) is 0.529. The van der Waals surface area contributed by atoms with E-state index in [1.807, 2.05) is 35.2 Å². The molecule has 2 amide bonds. The van der Waals surface area contributed by atoms with Crippen LogP contribution in [0.2, 0.25) is 0 Å². The van der Waals surface area contributed by atoms with E-state index in [4.69, 9.17) is 0 Å². The molecule has 0 bridgehead atoms. The molecule has 1 aliphatic heterocycles. The first kappa shape index (κ1) is 16.9. The summed E-state index contributed by atoms with van der Waals surface area (Å²) in [6.45, 7) is 1.66. The summed E-state index contributed by atoms with van der Waals surface area (Å²) in [6, 6.07) is 10.00. The number of carbonyl (C=O) groups excluding carboxylic acids is 2. The van der Waals surface area contributed by atoms with Gasteiger partial charge in [0.05, 0.1) is 0 Å². The summed E-state index contributed by atoms with van der Waals surface area (Å²) in [6.07, 6.45) is 5.09. The van der Waals surface area contributed by atoms with Crippen LogP contribution in [0.25, 0.3) is 0 Å². The minimum atomic E-state index is -0.134. The number of rotatable bonds is 6. The third-order valence-electron chi connectivity index (χ3n) is 4.00. The zero-order valence-electron chi connectivity index (χ0n) is 12.8. The average molecular weight is 320 g/mol. The van der Waals surface area contributed by atoms with Crippen molar-refractivity contribution in [1.82, 2.24) is 10.2 Å². The predicted molar refractivity (Wildman–Crippen MR) is 91.1 cm³/mol. The number of nitrogens with zero attached hydrogens (tertiary/aromatic N) is 1. The van der Waals surface area contributed by atoms with Crippen molar-refractivity contribution >= 4 is 23.8 Å². The van der Waals surface area contributed by atoms with Gasteiger partial charge in [0.15, 0.2) is 5.12 Å². The maximum Gasteiger partial charge on any atom is 0.317 e. The van der Waals surface area contributed by atoms with Gasteiger partial charge in [0.25, 0.3) is 0 Å². The highest BCUT2D eigenvalue weighted by molar-refractivity contribution is 7.96. The SMILES string of the molecule is O=C(S)CCC(Cc1ccccc1)NC(=O)N1CCCCC1. The van der Waals surface area contributed by atoms with Crippen molar-refractivity contribution in [2.75, 3.05) is 13.1 Å². The molecule has 1 aliphatic rings. The molecule has 1 aromatic carbocycles. The summed E-state index contributed by atoms with van der Waals surface area (Å²) in [5, 5.41) is 2.96. The number of thiol groups is 1. The molecular formula is C17H24N2O2S. The number of benzene rings is 1. The van der Waals surface area contributed by atoms with Crippen molar-refractivity contribution in [3.8, 4) is 0 Å². The first-order valence-corrected chi connectivity index (χ1v) is 8.41. The van der Waals surface area contributed by atoms with Crippen LogP contribution in [0.3, 0.4) is 0 Å². The van der Waals surface area contributed by atoms with E-state index in [0.717, 1.165) is 37.9 Å². The Morgan fingerprint density at radius 2 is 1.82 bits per heavy atom. The van der Waals surface area contributed by atoms with Gasteiger partial charge in [-0.1, -0.05) is 30.3 Å². The quantitative estimate of drug-likeness (QED) is 0.792. The fourth-order valence-electron chi connectivity index (χ4n) is 2.78. The third-order valence-corrected chi connectivity index (χ3v) is 4.23. The lowest BCUT2D eigenvalue weighted by molar-refractivity contribution is -0.111. The van der Waals surface area contributed by atoms with Crippen molar-refractivity contribution in [1.29, 1.82) is 0 Å². The molecule has 0 radical (unpaired) electrons. The number of carbonyl (C=O) groups is 2. The number of piperidine rings is 1. The molecule has 2 rings (SSSR count). The molecule has 0 aromatic heterocycles.